The lowest BCUT2D eigenvalue weighted by Gasteiger charge is -2.16. The molecule has 0 bridgehead atoms. The normalized spacial score (nSPS) is 12.4. The molecule has 0 saturated carbocycles. The molecule has 0 atom stereocenters. The van der Waals surface area contributed by atoms with Gasteiger partial charge in [-0.3, -0.25) is 9.59 Å². The highest BCUT2D eigenvalue weighted by Crippen LogP contribution is 2.25. The smallest absolute Gasteiger partial charge is 0.274 e. The van der Waals surface area contributed by atoms with E-state index in [-0.39, 0.29) is 11.5 Å². The van der Waals surface area contributed by atoms with Crippen LogP contribution in [0.2, 0.25) is 0 Å². The van der Waals surface area contributed by atoms with Crippen LogP contribution in [0.3, 0.4) is 0 Å². The third-order valence-electron chi connectivity index (χ3n) is 4.58. The summed E-state index contributed by atoms with van der Waals surface area (Å²) in [5.74, 6) is -0.205. The molecular weight excluding hydrogens is 418 g/mol. The number of amides is 1. The van der Waals surface area contributed by atoms with Gasteiger partial charge in [0.15, 0.2) is 0 Å². The Balaban J connectivity index is 2.56. The van der Waals surface area contributed by atoms with Crippen LogP contribution in [-0.2, 0) is 7.05 Å². The Bertz CT molecular complexity index is 1190. The number of hydrogen-bond donors (Lipinski definition) is 2. The van der Waals surface area contributed by atoms with Gasteiger partial charge in [0.05, 0.1) is 4.88 Å². The van der Waals surface area contributed by atoms with E-state index >= 15 is 0 Å². The van der Waals surface area contributed by atoms with Gasteiger partial charge in [0.1, 0.15) is 5.69 Å². The van der Waals surface area contributed by atoms with E-state index < -0.39 is 0 Å². The van der Waals surface area contributed by atoms with Crippen molar-refractivity contribution in [3.63, 3.8) is 0 Å². The molecule has 2 aromatic heterocycles. The summed E-state index contributed by atoms with van der Waals surface area (Å²) in [6.45, 7) is 17.0. The molecule has 2 rings (SSSR count). The molecule has 2 aromatic rings. The standard InChI is InChI=1S/C26H27N3O2S/c1-7-12-20(9-3)27-23-16-19(17-29(6)26(23)31)21(10-4)18(5)22(13-8-2)28-25(30)24-14-11-15-32-24/h7-17,27H,1-4H2,5-6H3,(H,28,30)/b20-12+,21-18+,22-13+. The molecule has 0 spiro atoms. The minimum Gasteiger partial charge on any atom is -0.351 e. The van der Waals surface area contributed by atoms with Crippen LogP contribution in [0.5, 0.6) is 0 Å². The summed E-state index contributed by atoms with van der Waals surface area (Å²) in [5.41, 5.74) is 3.71. The summed E-state index contributed by atoms with van der Waals surface area (Å²) >= 11 is 1.36. The van der Waals surface area contributed by atoms with Gasteiger partial charge in [-0.05, 0) is 53.8 Å². The van der Waals surface area contributed by atoms with Crippen molar-refractivity contribution in [2.75, 3.05) is 5.32 Å². The lowest BCUT2D eigenvalue weighted by Crippen LogP contribution is -2.23. The van der Waals surface area contributed by atoms with Gasteiger partial charge in [-0.1, -0.05) is 50.6 Å². The molecule has 0 unspecified atom stereocenters. The minimum absolute atomic E-state index is 0.195. The molecule has 5 nitrogen and oxygen atoms in total. The Labute approximate surface area is 192 Å². The van der Waals surface area contributed by atoms with Crippen LogP contribution in [-0.4, -0.2) is 10.5 Å². The van der Waals surface area contributed by atoms with Crippen molar-refractivity contribution in [1.29, 1.82) is 0 Å². The predicted octanol–water partition coefficient (Wildman–Crippen LogP) is 5.57. The van der Waals surface area contributed by atoms with Gasteiger partial charge in [-0.2, -0.15) is 0 Å². The number of anilines is 1. The second kappa shape index (κ2) is 11.5. The summed E-state index contributed by atoms with van der Waals surface area (Å²) in [4.78, 5) is 25.9. The average Bonchev–Trinajstić information content (AvgIpc) is 3.31. The van der Waals surface area contributed by atoms with E-state index in [1.54, 1.807) is 61.8 Å². The van der Waals surface area contributed by atoms with Gasteiger partial charge in [0, 0.05) is 30.2 Å². The molecule has 2 heterocycles. The maximum absolute atomic E-state index is 12.7. The third kappa shape index (κ3) is 5.83. The zero-order valence-electron chi connectivity index (χ0n) is 18.4. The quantitative estimate of drug-likeness (QED) is 0.470. The first-order valence-corrected chi connectivity index (χ1v) is 10.7. The highest BCUT2D eigenvalue weighted by atomic mass is 32.1. The fourth-order valence-electron chi connectivity index (χ4n) is 2.99. The van der Waals surface area contributed by atoms with Crippen LogP contribution < -0.4 is 16.2 Å². The number of rotatable bonds is 10. The number of aromatic nitrogens is 1. The minimum atomic E-state index is -0.205. The summed E-state index contributed by atoms with van der Waals surface area (Å²) in [5, 5.41) is 7.87. The monoisotopic (exact) mass is 445 g/mol. The molecule has 0 aromatic carbocycles. The van der Waals surface area contributed by atoms with Crippen LogP contribution in [0.1, 0.15) is 22.2 Å². The number of aryl methyl sites for hydroxylation is 1. The summed E-state index contributed by atoms with van der Waals surface area (Å²) < 4.78 is 1.49. The van der Waals surface area contributed by atoms with Gasteiger partial charge in [0.25, 0.3) is 11.5 Å². The molecule has 0 aliphatic carbocycles. The van der Waals surface area contributed by atoms with Crippen molar-refractivity contribution in [3.05, 3.63) is 130 Å². The SMILES string of the molecule is C=C/C=C(\C=C)Nc1cc(/C(C=C)=C(C)/C(=C\C=C)NC(=O)c2cccs2)cn(C)c1=O. The Kier molecular flexibility index (Phi) is 8.74. The first-order chi connectivity index (χ1) is 15.4. The Morgan fingerprint density at radius 2 is 1.84 bits per heavy atom. The summed E-state index contributed by atoms with van der Waals surface area (Å²) in [6.07, 6.45) is 11.7. The number of nitrogens with zero attached hydrogens (tertiary/aromatic N) is 1. The number of carbonyl (C=O) groups is 1. The lowest BCUT2D eigenvalue weighted by molar-refractivity contribution is 0.0970. The first-order valence-electron chi connectivity index (χ1n) is 9.80. The van der Waals surface area contributed by atoms with E-state index in [1.807, 2.05) is 18.4 Å². The molecule has 0 radical (unpaired) electrons. The van der Waals surface area contributed by atoms with Crippen molar-refractivity contribution in [2.45, 2.75) is 6.92 Å². The maximum Gasteiger partial charge on any atom is 0.274 e. The first kappa shape index (κ1) is 24.4. The molecule has 164 valence electrons. The topological polar surface area (TPSA) is 63.1 Å². The van der Waals surface area contributed by atoms with Crippen molar-refractivity contribution in [3.8, 4) is 0 Å². The second-order valence-corrected chi connectivity index (χ2v) is 7.68. The van der Waals surface area contributed by atoms with E-state index in [0.29, 0.717) is 22.0 Å². The molecule has 6 heteroatoms. The molecule has 0 saturated heterocycles. The van der Waals surface area contributed by atoms with E-state index in [4.69, 9.17) is 0 Å². The predicted molar refractivity (Wildman–Crippen MR) is 137 cm³/mol. The van der Waals surface area contributed by atoms with E-state index in [2.05, 4.69) is 36.9 Å². The van der Waals surface area contributed by atoms with Crippen LogP contribution in [0.15, 0.2) is 114 Å². The number of carbonyl (C=O) groups excluding carboxylic acids is 1. The number of thiophene rings is 1. The summed E-state index contributed by atoms with van der Waals surface area (Å²) in [7, 11) is 1.68. The van der Waals surface area contributed by atoms with Crippen molar-refractivity contribution in [2.24, 2.45) is 7.05 Å². The van der Waals surface area contributed by atoms with Crippen LogP contribution in [0.4, 0.5) is 5.69 Å². The van der Waals surface area contributed by atoms with Crippen LogP contribution >= 0.6 is 11.3 Å². The van der Waals surface area contributed by atoms with Gasteiger partial charge >= 0.3 is 0 Å². The van der Waals surface area contributed by atoms with Crippen molar-refractivity contribution in [1.82, 2.24) is 9.88 Å². The molecule has 1 amide bonds. The molecule has 0 aliphatic rings. The van der Waals surface area contributed by atoms with Crippen LogP contribution in [0.25, 0.3) is 5.57 Å². The number of pyridine rings is 1. The van der Waals surface area contributed by atoms with E-state index in [0.717, 1.165) is 16.7 Å². The fraction of sp³-hybridized carbons (Fsp3) is 0.0769. The fourth-order valence-corrected chi connectivity index (χ4v) is 3.61. The van der Waals surface area contributed by atoms with Crippen molar-refractivity contribution < 1.29 is 4.79 Å². The maximum atomic E-state index is 12.7. The molecule has 0 fully saturated rings. The lowest BCUT2D eigenvalue weighted by atomic mass is 9.99. The molecular formula is C26H27N3O2S. The molecule has 32 heavy (non-hydrogen) atoms. The molecule has 2 N–H and O–H groups in total. The Morgan fingerprint density at radius 1 is 1.12 bits per heavy atom. The highest BCUT2D eigenvalue weighted by Gasteiger charge is 2.14. The van der Waals surface area contributed by atoms with Gasteiger partial charge in [0.2, 0.25) is 0 Å². The van der Waals surface area contributed by atoms with Gasteiger partial charge in [-0.25, -0.2) is 0 Å². The zero-order chi connectivity index (χ0) is 23.7. The van der Waals surface area contributed by atoms with Crippen molar-refractivity contribution >= 4 is 28.5 Å². The number of nitrogens with one attached hydrogen (secondary N) is 2. The Hall–Kier alpha value is -3.90. The zero-order valence-corrected chi connectivity index (χ0v) is 19.2. The second-order valence-electron chi connectivity index (χ2n) is 6.74. The third-order valence-corrected chi connectivity index (χ3v) is 5.45. The van der Waals surface area contributed by atoms with Gasteiger partial charge in [-0.15, -0.1) is 11.3 Å². The number of hydrogen-bond acceptors (Lipinski definition) is 4. The van der Waals surface area contributed by atoms with E-state index in [9.17, 15) is 9.59 Å². The molecule has 0 aliphatic heterocycles. The van der Waals surface area contributed by atoms with Gasteiger partial charge < -0.3 is 15.2 Å². The Morgan fingerprint density at radius 3 is 2.41 bits per heavy atom. The largest absolute Gasteiger partial charge is 0.351 e. The average molecular weight is 446 g/mol. The van der Waals surface area contributed by atoms with Crippen LogP contribution in [0, 0.1) is 0 Å². The number of allylic oxidation sites excluding steroid dienone is 8. The highest BCUT2D eigenvalue weighted by molar-refractivity contribution is 7.12. The summed E-state index contributed by atoms with van der Waals surface area (Å²) in [6, 6.07) is 5.33. The van der Waals surface area contributed by atoms with E-state index in [1.165, 1.54) is 15.9 Å².